The van der Waals surface area contributed by atoms with Gasteiger partial charge < -0.3 is 57.7 Å². The highest BCUT2D eigenvalue weighted by Gasteiger charge is 2.32. The quantitative estimate of drug-likeness (QED) is 0.0504. The molecule has 60 heavy (non-hydrogen) atoms. The van der Waals surface area contributed by atoms with Gasteiger partial charge in [0.25, 0.3) is 11.8 Å². The fourth-order valence-corrected chi connectivity index (χ4v) is 5.31. The highest BCUT2D eigenvalue weighted by Crippen LogP contribution is 2.23. The fraction of sp³-hybridized carbons (Fsp3) is 0.558. The molecule has 3 amide bonds. The number of nitrogens with zero attached hydrogens (tertiary/aromatic N) is 2. The van der Waals surface area contributed by atoms with Gasteiger partial charge in [-0.1, -0.05) is 42.2 Å². The first-order valence-electron chi connectivity index (χ1n) is 20.2. The standard InChI is InChI=1S/C27H46N2O14.C16H13N/c30-7-1-2-24(31)28-6-9-36-11-13-38-15-17-40-19-21-42-23-22-41-20-18-39-16-14-37-12-10-35-8-5-27(34)43-29-25(32)3-4-26(29)33;1-17-12-15-8-3-2-6-13(15)10-11-14-7-4-5-9-16(14)17/h7H,1-6,8-23H2,(H,28,31);2-9H,12H2,1H3. The van der Waals surface area contributed by atoms with E-state index in [1.165, 1.54) is 11.3 Å². The third-order valence-corrected chi connectivity index (χ3v) is 8.38. The van der Waals surface area contributed by atoms with Gasteiger partial charge in [-0.2, -0.15) is 0 Å². The second-order valence-electron chi connectivity index (χ2n) is 13.0. The summed E-state index contributed by atoms with van der Waals surface area (Å²) in [4.78, 5) is 62.8. The number of hydrogen-bond donors (Lipinski definition) is 1. The largest absolute Gasteiger partial charge is 0.378 e. The van der Waals surface area contributed by atoms with E-state index in [9.17, 15) is 24.0 Å². The number of anilines is 1. The topological polar surface area (TPSA) is 187 Å². The van der Waals surface area contributed by atoms with Crippen molar-refractivity contribution in [1.29, 1.82) is 0 Å². The molecule has 17 heteroatoms. The molecule has 0 aliphatic carbocycles. The lowest BCUT2D eigenvalue weighted by Gasteiger charge is -2.22. The zero-order valence-electron chi connectivity index (χ0n) is 34.6. The van der Waals surface area contributed by atoms with Gasteiger partial charge in [0.05, 0.1) is 118 Å². The molecule has 0 saturated carbocycles. The molecule has 0 radical (unpaired) electrons. The van der Waals surface area contributed by atoms with Crippen LogP contribution in [0.1, 0.15) is 48.8 Å². The molecule has 2 aromatic rings. The van der Waals surface area contributed by atoms with Gasteiger partial charge >= 0.3 is 5.97 Å². The maximum atomic E-state index is 11.6. The van der Waals surface area contributed by atoms with Gasteiger partial charge in [-0.05, 0) is 23.8 Å². The molecule has 0 aromatic heterocycles. The molecule has 330 valence electrons. The average molecular weight is 842 g/mol. The number of imide groups is 1. The van der Waals surface area contributed by atoms with E-state index >= 15 is 0 Å². The Hall–Kier alpha value is -4.77. The van der Waals surface area contributed by atoms with Crippen LogP contribution in [-0.2, 0) is 73.2 Å². The number of hydrogen-bond acceptors (Lipinski definition) is 15. The predicted octanol–water partition coefficient (Wildman–Crippen LogP) is 2.25. The molecule has 1 N–H and O–H groups in total. The zero-order valence-corrected chi connectivity index (χ0v) is 34.6. The van der Waals surface area contributed by atoms with E-state index in [1.54, 1.807) is 0 Å². The predicted molar refractivity (Wildman–Crippen MR) is 218 cm³/mol. The number of nitrogens with one attached hydrogen (secondary N) is 1. The molecular weight excluding hydrogens is 782 g/mol. The van der Waals surface area contributed by atoms with E-state index in [0.717, 1.165) is 17.7 Å². The Balaban J connectivity index is 0.000000461. The monoisotopic (exact) mass is 841 g/mol. The van der Waals surface area contributed by atoms with Crippen molar-refractivity contribution in [2.24, 2.45) is 0 Å². The first-order chi connectivity index (χ1) is 29.4. The number of fused-ring (bicyclic) bond motifs is 2. The van der Waals surface area contributed by atoms with Crippen LogP contribution in [0.2, 0.25) is 0 Å². The van der Waals surface area contributed by atoms with Crippen LogP contribution in [0.5, 0.6) is 0 Å². The molecular formula is C43H59N3O14. The molecule has 0 spiro atoms. The highest BCUT2D eigenvalue weighted by atomic mass is 16.7. The Kier molecular flexibility index (Phi) is 26.5. The van der Waals surface area contributed by atoms with Gasteiger partial charge in [0.15, 0.2) is 0 Å². The SMILES string of the molecule is CN1Cc2ccccc2C#Cc2ccccc21.O=CCCC(=O)NCCOCCOCCOCCOCCOCCOCCOCCOCCC(=O)ON1C(=O)CCC1=O. The summed E-state index contributed by atoms with van der Waals surface area (Å²) in [6.07, 6.45) is 1.17. The van der Waals surface area contributed by atoms with Gasteiger partial charge in [-0.15, -0.1) is 5.06 Å². The number of ether oxygens (including phenoxy) is 8. The van der Waals surface area contributed by atoms with E-state index in [-0.39, 0.29) is 51.2 Å². The maximum absolute atomic E-state index is 11.6. The summed E-state index contributed by atoms with van der Waals surface area (Å²) in [7, 11) is 2.11. The summed E-state index contributed by atoms with van der Waals surface area (Å²) in [5, 5.41) is 3.17. The molecule has 0 atom stereocenters. The number of hydroxylamine groups is 2. The molecule has 0 bridgehead atoms. The normalized spacial score (nSPS) is 12.9. The summed E-state index contributed by atoms with van der Waals surface area (Å²) in [5.74, 6) is 4.63. The molecule has 0 unspecified atom stereocenters. The minimum Gasteiger partial charge on any atom is -0.378 e. The second-order valence-corrected chi connectivity index (χ2v) is 13.0. The van der Waals surface area contributed by atoms with Crippen LogP contribution in [0.25, 0.3) is 0 Å². The molecule has 2 aliphatic rings. The number of para-hydroxylation sites is 1. The number of benzene rings is 2. The number of carbonyl (C=O) groups excluding carboxylic acids is 5. The average Bonchev–Trinajstić information content (AvgIpc) is 3.56. The van der Waals surface area contributed by atoms with E-state index < -0.39 is 17.8 Å². The maximum Gasteiger partial charge on any atom is 0.335 e. The molecule has 2 heterocycles. The highest BCUT2D eigenvalue weighted by molar-refractivity contribution is 6.01. The van der Waals surface area contributed by atoms with E-state index in [4.69, 9.17) is 42.7 Å². The van der Waals surface area contributed by atoms with Gasteiger partial charge in [0, 0.05) is 56.9 Å². The minimum absolute atomic E-state index is 0.0556. The lowest BCUT2D eigenvalue weighted by Crippen LogP contribution is -2.32. The number of carbonyl (C=O) groups is 5. The second kappa shape index (κ2) is 32.1. The van der Waals surface area contributed by atoms with Crippen molar-refractivity contribution in [3.05, 3.63) is 65.2 Å². The van der Waals surface area contributed by atoms with Crippen molar-refractivity contribution in [2.45, 2.75) is 38.6 Å². The third kappa shape index (κ3) is 22.0. The van der Waals surface area contributed by atoms with Crippen molar-refractivity contribution in [2.75, 3.05) is 124 Å². The summed E-state index contributed by atoms with van der Waals surface area (Å²) >= 11 is 0. The van der Waals surface area contributed by atoms with Crippen LogP contribution in [0.15, 0.2) is 48.5 Å². The van der Waals surface area contributed by atoms with Gasteiger partial charge in [0.2, 0.25) is 5.91 Å². The smallest absolute Gasteiger partial charge is 0.335 e. The van der Waals surface area contributed by atoms with Crippen molar-refractivity contribution < 1.29 is 66.7 Å². The Labute approximate surface area is 352 Å². The summed E-state index contributed by atoms with van der Waals surface area (Å²) in [6.45, 7) is 7.58. The van der Waals surface area contributed by atoms with E-state index in [2.05, 4.69) is 65.5 Å². The van der Waals surface area contributed by atoms with Crippen LogP contribution < -0.4 is 10.2 Å². The molecule has 1 fully saturated rings. The van der Waals surface area contributed by atoms with E-state index in [1.807, 2.05) is 12.1 Å². The van der Waals surface area contributed by atoms with Gasteiger partial charge in [0.1, 0.15) is 6.29 Å². The van der Waals surface area contributed by atoms with Gasteiger partial charge in [-0.3, -0.25) is 14.4 Å². The Morgan fingerprint density at radius 2 is 1.07 bits per heavy atom. The zero-order chi connectivity index (χ0) is 42.9. The first kappa shape index (κ1) is 49.6. The molecule has 2 aliphatic heterocycles. The number of rotatable bonds is 31. The molecule has 2 aromatic carbocycles. The Morgan fingerprint density at radius 3 is 1.60 bits per heavy atom. The summed E-state index contributed by atoms with van der Waals surface area (Å²) in [6, 6.07) is 16.6. The number of amides is 3. The number of aldehydes is 1. The lowest BCUT2D eigenvalue weighted by atomic mass is 10.0. The Bertz CT molecular complexity index is 1620. The van der Waals surface area contributed by atoms with Crippen LogP contribution in [0.3, 0.4) is 0 Å². The third-order valence-electron chi connectivity index (χ3n) is 8.38. The van der Waals surface area contributed by atoms with Gasteiger partial charge in [-0.25, -0.2) is 4.79 Å². The van der Waals surface area contributed by atoms with Crippen molar-refractivity contribution in [3.8, 4) is 11.8 Å². The van der Waals surface area contributed by atoms with Crippen molar-refractivity contribution in [1.82, 2.24) is 10.4 Å². The van der Waals surface area contributed by atoms with Crippen LogP contribution >= 0.6 is 0 Å². The summed E-state index contributed by atoms with van der Waals surface area (Å²) < 4.78 is 43.0. The molecule has 4 rings (SSSR count). The lowest BCUT2D eigenvalue weighted by molar-refractivity contribution is -0.198. The summed E-state index contributed by atoms with van der Waals surface area (Å²) in [5.41, 5.74) is 4.73. The molecule has 17 nitrogen and oxygen atoms in total. The van der Waals surface area contributed by atoms with E-state index in [0.29, 0.717) is 110 Å². The molecule has 1 saturated heterocycles. The van der Waals surface area contributed by atoms with Crippen molar-refractivity contribution >= 4 is 35.7 Å². The Morgan fingerprint density at radius 1 is 0.617 bits per heavy atom. The fourth-order valence-electron chi connectivity index (χ4n) is 5.31. The van der Waals surface area contributed by atoms with Crippen LogP contribution in [0, 0.1) is 11.8 Å². The van der Waals surface area contributed by atoms with Crippen molar-refractivity contribution in [3.63, 3.8) is 0 Å². The minimum atomic E-state index is -0.704. The first-order valence-corrected chi connectivity index (χ1v) is 20.2. The van der Waals surface area contributed by atoms with Crippen LogP contribution in [0.4, 0.5) is 5.69 Å². The van der Waals surface area contributed by atoms with Crippen LogP contribution in [-0.4, -0.2) is 154 Å².